The lowest BCUT2D eigenvalue weighted by molar-refractivity contribution is -0.109. The molecule has 5 nitrogen and oxygen atoms in total. The van der Waals surface area contributed by atoms with E-state index in [1.54, 1.807) is 4.68 Å². The van der Waals surface area contributed by atoms with Gasteiger partial charge in [-0.1, -0.05) is 53.7 Å². The number of rotatable bonds is 5. The van der Waals surface area contributed by atoms with Crippen molar-refractivity contribution >= 4 is 51.2 Å². The molecule has 8 heteroatoms. The third-order valence-electron chi connectivity index (χ3n) is 4.11. The van der Waals surface area contributed by atoms with Crippen LogP contribution in [-0.2, 0) is 4.79 Å². The summed E-state index contributed by atoms with van der Waals surface area (Å²) in [6.45, 7) is 1.93. The van der Waals surface area contributed by atoms with Gasteiger partial charge in [-0.2, -0.15) is 5.10 Å². The Morgan fingerprint density at radius 2 is 1.79 bits per heavy atom. The Balaban J connectivity index is 1.97. The lowest BCUT2D eigenvalue weighted by Gasteiger charge is -2.08. The van der Waals surface area contributed by atoms with Crippen molar-refractivity contribution in [1.29, 1.82) is 0 Å². The fraction of sp³-hybridized carbons (Fsp3) is 0.100. The molecule has 0 spiro atoms. The van der Waals surface area contributed by atoms with E-state index in [0.717, 1.165) is 28.0 Å². The van der Waals surface area contributed by atoms with Crippen molar-refractivity contribution in [1.82, 2.24) is 19.7 Å². The molecule has 2 heterocycles. The number of aromatic nitrogens is 4. The molecule has 0 unspecified atom stereocenters. The van der Waals surface area contributed by atoms with Crippen molar-refractivity contribution < 1.29 is 4.79 Å². The lowest BCUT2D eigenvalue weighted by atomic mass is 10.1. The molecule has 2 aromatic carbocycles. The SMILES string of the molecule is Cc1nn(-c2ccccc2)c2nc(SCC(=O)Cl)nc(-c3ccc(Cl)cc3)c12. The highest BCUT2D eigenvalue weighted by Crippen LogP contribution is 2.32. The molecule has 0 saturated carbocycles. The first-order valence-electron chi connectivity index (χ1n) is 8.43. The van der Waals surface area contributed by atoms with Crippen LogP contribution in [0, 0.1) is 6.92 Å². The van der Waals surface area contributed by atoms with Crippen LogP contribution in [0.5, 0.6) is 0 Å². The molecular weight excluding hydrogens is 415 g/mol. The number of fused-ring (bicyclic) bond motifs is 1. The summed E-state index contributed by atoms with van der Waals surface area (Å²) in [6.07, 6.45) is 0. The van der Waals surface area contributed by atoms with E-state index in [1.165, 1.54) is 11.8 Å². The van der Waals surface area contributed by atoms with Crippen LogP contribution in [0.25, 0.3) is 28.0 Å². The number of thioether (sulfide) groups is 1. The predicted molar refractivity (Wildman–Crippen MR) is 113 cm³/mol. The van der Waals surface area contributed by atoms with E-state index in [9.17, 15) is 4.79 Å². The molecular formula is C20H14Cl2N4OS. The Labute approximate surface area is 175 Å². The maximum absolute atomic E-state index is 11.2. The highest BCUT2D eigenvalue weighted by molar-refractivity contribution is 8.00. The maximum atomic E-state index is 11.2. The van der Waals surface area contributed by atoms with E-state index < -0.39 is 5.24 Å². The van der Waals surface area contributed by atoms with Crippen LogP contribution in [0.4, 0.5) is 0 Å². The molecule has 0 amide bonds. The van der Waals surface area contributed by atoms with Crippen LogP contribution in [0.3, 0.4) is 0 Å². The summed E-state index contributed by atoms with van der Waals surface area (Å²) in [6, 6.07) is 17.2. The van der Waals surface area contributed by atoms with Gasteiger partial charge in [-0.3, -0.25) is 4.79 Å². The standard InChI is InChI=1S/C20H14Cl2N4OS/c1-12-17-18(13-7-9-14(21)10-8-13)23-20(28-11-16(22)27)24-19(17)26(25-12)15-5-3-2-4-6-15/h2-10H,11H2,1H3. The summed E-state index contributed by atoms with van der Waals surface area (Å²) in [4.78, 5) is 20.6. The van der Waals surface area contributed by atoms with Gasteiger partial charge in [0.1, 0.15) is 0 Å². The molecule has 2 aromatic heterocycles. The minimum Gasteiger partial charge on any atom is -0.280 e. The lowest BCUT2D eigenvalue weighted by Crippen LogP contribution is -2.01. The summed E-state index contributed by atoms with van der Waals surface area (Å²) in [7, 11) is 0. The van der Waals surface area contributed by atoms with Crippen molar-refractivity contribution in [3.63, 3.8) is 0 Å². The van der Waals surface area contributed by atoms with Crippen molar-refractivity contribution in [3.8, 4) is 16.9 Å². The van der Waals surface area contributed by atoms with E-state index in [0.29, 0.717) is 15.8 Å². The molecule has 0 atom stereocenters. The number of hydrogen-bond donors (Lipinski definition) is 0. The number of nitrogens with zero attached hydrogens (tertiary/aromatic N) is 4. The Bertz CT molecular complexity index is 1160. The second kappa shape index (κ2) is 7.91. The van der Waals surface area contributed by atoms with E-state index in [-0.39, 0.29) is 5.75 Å². The number of carbonyl (C=O) groups excluding carboxylic acids is 1. The molecule has 0 radical (unpaired) electrons. The van der Waals surface area contributed by atoms with Gasteiger partial charge < -0.3 is 0 Å². The van der Waals surface area contributed by atoms with Gasteiger partial charge in [-0.15, -0.1) is 0 Å². The third-order valence-corrected chi connectivity index (χ3v) is 5.51. The molecule has 0 aliphatic heterocycles. The minimum absolute atomic E-state index is 0.0889. The monoisotopic (exact) mass is 428 g/mol. The third kappa shape index (κ3) is 3.76. The van der Waals surface area contributed by atoms with Crippen LogP contribution in [-0.4, -0.2) is 30.7 Å². The Morgan fingerprint density at radius 3 is 2.46 bits per heavy atom. The average Bonchev–Trinajstić information content (AvgIpc) is 3.04. The number of para-hydroxylation sites is 1. The summed E-state index contributed by atoms with van der Waals surface area (Å²) in [5.74, 6) is 0.0889. The maximum Gasteiger partial charge on any atom is 0.232 e. The first-order chi connectivity index (χ1) is 13.5. The quantitative estimate of drug-likeness (QED) is 0.245. The number of carbonyl (C=O) groups is 1. The second-order valence-corrected chi connectivity index (χ2v) is 7.84. The fourth-order valence-electron chi connectivity index (χ4n) is 2.91. The second-order valence-electron chi connectivity index (χ2n) is 6.04. The van der Waals surface area contributed by atoms with Crippen molar-refractivity contribution in [3.05, 3.63) is 65.3 Å². The summed E-state index contributed by atoms with van der Waals surface area (Å²) in [5, 5.41) is 6.20. The number of hydrogen-bond acceptors (Lipinski definition) is 5. The first kappa shape index (κ1) is 18.9. The average molecular weight is 429 g/mol. The zero-order valence-electron chi connectivity index (χ0n) is 14.8. The molecule has 0 N–H and O–H groups in total. The Morgan fingerprint density at radius 1 is 1.07 bits per heavy atom. The van der Waals surface area contributed by atoms with Crippen molar-refractivity contribution in [2.45, 2.75) is 12.1 Å². The van der Waals surface area contributed by atoms with Crippen LogP contribution in [0.15, 0.2) is 59.8 Å². The van der Waals surface area contributed by atoms with Gasteiger partial charge in [0.25, 0.3) is 0 Å². The van der Waals surface area contributed by atoms with Crippen molar-refractivity contribution in [2.75, 3.05) is 5.75 Å². The van der Waals surface area contributed by atoms with Crippen LogP contribution in [0.1, 0.15) is 5.69 Å². The van der Waals surface area contributed by atoms with E-state index >= 15 is 0 Å². The van der Waals surface area contributed by atoms with E-state index in [2.05, 4.69) is 15.1 Å². The largest absolute Gasteiger partial charge is 0.280 e. The van der Waals surface area contributed by atoms with Crippen LogP contribution in [0.2, 0.25) is 5.02 Å². The topological polar surface area (TPSA) is 60.7 Å². The number of halogens is 2. The molecule has 140 valence electrons. The van der Waals surface area contributed by atoms with Crippen molar-refractivity contribution in [2.24, 2.45) is 0 Å². The molecule has 0 bridgehead atoms. The van der Waals surface area contributed by atoms with E-state index in [4.69, 9.17) is 23.2 Å². The molecule has 0 aliphatic carbocycles. The minimum atomic E-state index is -0.450. The van der Waals surface area contributed by atoms with Gasteiger partial charge in [-0.05, 0) is 42.8 Å². The van der Waals surface area contributed by atoms with E-state index in [1.807, 2.05) is 61.5 Å². The molecule has 0 fully saturated rings. The van der Waals surface area contributed by atoms with Gasteiger partial charge in [0.05, 0.1) is 28.2 Å². The Hall–Kier alpha value is -2.41. The summed E-state index contributed by atoms with van der Waals surface area (Å²) in [5.41, 5.74) is 4.02. The molecule has 0 aliphatic rings. The zero-order valence-corrected chi connectivity index (χ0v) is 17.1. The number of benzene rings is 2. The Kier molecular flexibility index (Phi) is 5.35. The first-order valence-corrected chi connectivity index (χ1v) is 10.2. The van der Waals surface area contributed by atoms with Gasteiger partial charge in [0, 0.05) is 10.6 Å². The smallest absolute Gasteiger partial charge is 0.232 e. The fourth-order valence-corrected chi connectivity index (χ4v) is 3.75. The molecule has 4 aromatic rings. The molecule has 0 saturated heterocycles. The molecule has 28 heavy (non-hydrogen) atoms. The summed E-state index contributed by atoms with van der Waals surface area (Å²) < 4.78 is 1.79. The van der Waals surface area contributed by atoms with Crippen LogP contribution >= 0.6 is 35.0 Å². The van der Waals surface area contributed by atoms with Crippen LogP contribution < -0.4 is 0 Å². The predicted octanol–water partition coefficient (Wildman–Crippen LogP) is 5.30. The molecule has 4 rings (SSSR count). The highest BCUT2D eigenvalue weighted by atomic mass is 35.5. The normalized spacial score (nSPS) is 11.1. The van der Waals surface area contributed by atoms with Gasteiger partial charge in [-0.25, -0.2) is 14.6 Å². The zero-order chi connectivity index (χ0) is 19.7. The van der Waals surface area contributed by atoms with Gasteiger partial charge in [0.2, 0.25) is 5.24 Å². The summed E-state index contributed by atoms with van der Waals surface area (Å²) >= 11 is 12.7. The number of aryl methyl sites for hydroxylation is 1. The van der Waals surface area contributed by atoms with Gasteiger partial charge in [0.15, 0.2) is 10.8 Å². The highest BCUT2D eigenvalue weighted by Gasteiger charge is 2.19. The van der Waals surface area contributed by atoms with Gasteiger partial charge >= 0.3 is 0 Å².